The molecule has 1 aromatic carbocycles. The first-order valence-corrected chi connectivity index (χ1v) is 10.6. The molecule has 7 nitrogen and oxygen atoms in total. The van der Waals surface area contributed by atoms with Gasteiger partial charge in [0.1, 0.15) is 10.7 Å². The number of hydrogen-bond donors (Lipinski definition) is 1. The first-order chi connectivity index (χ1) is 12.5. The van der Waals surface area contributed by atoms with E-state index in [0.29, 0.717) is 49.7 Å². The molecule has 0 bridgehead atoms. The molecule has 1 saturated heterocycles. The zero-order valence-electron chi connectivity index (χ0n) is 15.0. The molecule has 26 heavy (non-hydrogen) atoms. The normalized spacial score (nSPS) is 18.3. The summed E-state index contributed by atoms with van der Waals surface area (Å²) in [4.78, 5) is 14.4. The van der Waals surface area contributed by atoms with Gasteiger partial charge >= 0.3 is 0 Å². The molecule has 142 valence electrons. The highest BCUT2D eigenvalue weighted by molar-refractivity contribution is 7.90. The highest BCUT2D eigenvalue weighted by Gasteiger charge is 2.32. The topological polar surface area (TPSA) is 88.1 Å². The van der Waals surface area contributed by atoms with Gasteiger partial charge in [0.05, 0.1) is 5.69 Å². The second-order valence-corrected chi connectivity index (χ2v) is 8.01. The van der Waals surface area contributed by atoms with Crippen molar-refractivity contribution in [1.29, 1.82) is 0 Å². The molecule has 8 heteroatoms. The van der Waals surface area contributed by atoms with E-state index in [1.54, 1.807) is 12.1 Å². The van der Waals surface area contributed by atoms with Crippen LogP contribution in [0.3, 0.4) is 0 Å². The number of benzene rings is 1. The summed E-state index contributed by atoms with van der Waals surface area (Å²) in [7, 11) is -3.77. The fourth-order valence-corrected chi connectivity index (χ4v) is 4.53. The lowest BCUT2D eigenvalue weighted by atomic mass is 10.1. The maximum atomic E-state index is 12.6. The van der Waals surface area contributed by atoms with Crippen LogP contribution in [0.5, 0.6) is 0 Å². The number of carbonyl (C=O) groups excluding carboxylic acids is 1. The van der Waals surface area contributed by atoms with Gasteiger partial charge in [0.25, 0.3) is 15.9 Å². The fraction of sp³-hybridized carbons (Fsp3) is 0.556. The van der Waals surface area contributed by atoms with Crippen LogP contribution in [0.2, 0.25) is 0 Å². The van der Waals surface area contributed by atoms with Crippen LogP contribution in [-0.4, -0.2) is 46.5 Å². The third-order valence-corrected chi connectivity index (χ3v) is 5.90. The van der Waals surface area contributed by atoms with Crippen molar-refractivity contribution in [2.45, 2.75) is 43.9 Å². The van der Waals surface area contributed by atoms with Crippen LogP contribution < -0.4 is 10.2 Å². The first kappa shape index (κ1) is 18.8. The number of anilines is 1. The number of nitrogens with one attached hydrogen (secondary N) is 1. The number of carbonyl (C=O) groups is 1. The SMILES string of the molecule is CCOCCCNC(=O)c1ccc2c(c1)S(=O)(=O)N=C1CCCCCN12. The van der Waals surface area contributed by atoms with Crippen LogP contribution in [0.15, 0.2) is 27.5 Å². The third-order valence-electron chi connectivity index (χ3n) is 4.57. The molecule has 2 aliphatic rings. The van der Waals surface area contributed by atoms with Crippen LogP contribution in [0.1, 0.15) is 49.4 Å². The summed E-state index contributed by atoms with van der Waals surface area (Å²) in [6, 6.07) is 4.84. The number of rotatable bonds is 6. The van der Waals surface area contributed by atoms with E-state index in [4.69, 9.17) is 4.74 Å². The number of amides is 1. The zero-order chi connectivity index (χ0) is 18.6. The lowest BCUT2D eigenvalue weighted by Gasteiger charge is -2.29. The van der Waals surface area contributed by atoms with Crippen molar-refractivity contribution in [2.75, 3.05) is 31.2 Å². The number of sulfonamides is 1. The van der Waals surface area contributed by atoms with E-state index >= 15 is 0 Å². The summed E-state index contributed by atoms with van der Waals surface area (Å²) >= 11 is 0. The van der Waals surface area contributed by atoms with Gasteiger partial charge in [0.2, 0.25) is 0 Å². The summed E-state index contributed by atoms with van der Waals surface area (Å²) in [6.07, 6.45) is 4.39. The Morgan fingerprint density at radius 1 is 1.31 bits per heavy atom. The standard InChI is InChI=1S/C18H25N3O4S/c1-2-25-12-6-10-19-18(22)14-8-9-15-16(13-14)26(23,24)20-17-7-4-3-5-11-21(15)17/h8-9,13H,2-7,10-12H2,1H3,(H,19,22). The maximum absolute atomic E-state index is 12.6. The number of ether oxygens (including phenoxy) is 1. The average Bonchev–Trinajstić information content (AvgIpc) is 2.86. The van der Waals surface area contributed by atoms with Crippen molar-refractivity contribution in [1.82, 2.24) is 5.32 Å². The molecule has 1 aromatic rings. The summed E-state index contributed by atoms with van der Waals surface area (Å²) in [5.41, 5.74) is 0.960. The van der Waals surface area contributed by atoms with Gasteiger partial charge in [-0.25, -0.2) is 0 Å². The average molecular weight is 379 g/mol. The Morgan fingerprint density at radius 3 is 2.96 bits per heavy atom. The van der Waals surface area contributed by atoms with E-state index in [-0.39, 0.29) is 10.8 Å². The molecule has 0 aliphatic carbocycles. The van der Waals surface area contributed by atoms with Crippen LogP contribution >= 0.6 is 0 Å². The molecule has 1 N–H and O–H groups in total. The number of amidine groups is 1. The van der Waals surface area contributed by atoms with Gasteiger partial charge in [-0.3, -0.25) is 4.79 Å². The van der Waals surface area contributed by atoms with Crippen molar-refractivity contribution in [3.8, 4) is 0 Å². The largest absolute Gasteiger partial charge is 0.382 e. The summed E-state index contributed by atoms with van der Waals surface area (Å²) in [5.74, 6) is 0.327. The van der Waals surface area contributed by atoms with Crippen LogP contribution in [-0.2, 0) is 14.8 Å². The molecular formula is C18H25N3O4S. The van der Waals surface area contributed by atoms with E-state index < -0.39 is 10.0 Å². The van der Waals surface area contributed by atoms with Gasteiger partial charge in [-0.2, -0.15) is 8.42 Å². The Balaban J connectivity index is 1.79. The number of fused-ring (bicyclic) bond motifs is 3. The molecular weight excluding hydrogens is 354 g/mol. The molecule has 0 saturated carbocycles. The maximum Gasteiger partial charge on any atom is 0.286 e. The summed E-state index contributed by atoms with van der Waals surface area (Å²) in [6.45, 7) is 4.39. The Hall–Kier alpha value is -1.93. The van der Waals surface area contributed by atoms with Gasteiger partial charge < -0.3 is 15.0 Å². The van der Waals surface area contributed by atoms with E-state index in [1.165, 1.54) is 6.07 Å². The minimum atomic E-state index is -3.77. The van der Waals surface area contributed by atoms with E-state index in [2.05, 4.69) is 9.71 Å². The Morgan fingerprint density at radius 2 is 2.15 bits per heavy atom. The molecule has 2 aliphatic heterocycles. The second-order valence-electron chi connectivity index (χ2n) is 6.43. The van der Waals surface area contributed by atoms with Crippen molar-refractivity contribution < 1.29 is 17.9 Å². The molecule has 0 unspecified atom stereocenters. The van der Waals surface area contributed by atoms with Crippen LogP contribution in [0.4, 0.5) is 5.69 Å². The summed E-state index contributed by atoms with van der Waals surface area (Å²) < 4.78 is 34.4. The minimum Gasteiger partial charge on any atom is -0.382 e. The molecule has 0 atom stereocenters. The lowest BCUT2D eigenvalue weighted by molar-refractivity contribution is 0.0944. The van der Waals surface area contributed by atoms with Gasteiger partial charge in [0.15, 0.2) is 0 Å². The van der Waals surface area contributed by atoms with E-state index in [9.17, 15) is 13.2 Å². The predicted octanol–water partition coefficient (Wildman–Crippen LogP) is 2.32. The molecule has 3 rings (SSSR count). The highest BCUT2D eigenvalue weighted by atomic mass is 32.2. The number of hydrogen-bond acceptors (Lipinski definition) is 5. The van der Waals surface area contributed by atoms with Crippen molar-refractivity contribution in [2.24, 2.45) is 4.40 Å². The monoisotopic (exact) mass is 379 g/mol. The Bertz CT molecular complexity index is 805. The molecule has 1 amide bonds. The second kappa shape index (κ2) is 8.18. The predicted molar refractivity (Wildman–Crippen MR) is 100 cm³/mol. The summed E-state index contributed by atoms with van der Waals surface area (Å²) in [5, 5.41) is 2.80. The molecule has 0 radical (unpaired) electrons. The number of nitrogens with zero attached hydrogens (tertiary/aromatic N) is 2. The zero-order valence-corrected chi connectivity index (χ0v) is 15.8. The van der Waals surface area contributed by atoms with E-state index in [0.717, 1.165) is 25.8 Å². The lowest BCUT2D eigenvalue weighted by Crippen LogP contribution is -2.35. The van der Waals surface area contributed by atoms with Crippen molar-refractivity contribution >= 4 is 27.5 Å². The van der Waals surface area contributed by atoms with Gasteiger partial charge in [-0.15, -0.1) is 4.40 Å². The Labute approximate surface area is 154 Å². The third kappa shape index (κ3) is 4.07. The molecule has 2 heterocycles. The first-order valence-electron chi connectivity index (χ1n) is 9.14. The smallest absolute Gasteiger partial charge is 0.286 e. The van der Waals surface area contributed by atoms with Crippen molar-refractivity contribution in [3.63, 3.8) is 0 Å². The van der Waals surface area contributed by atoms with Gasteiger partial charge in [-0.05, 0) is 44.4 Å². The minimum absolute atomic E-state index is 0.116. The van der Waals surface area contributed by atoms with E-state index in [1.807, 2.05) is 11.8 Å². The molecule has 0 aromatic heterocycles. The van der Waals surface area contributed by atoms with Crippen molar-refractivity contribution in [3.05, 3.63) is 23.8 Å². The van der Waals surface area contributed by atoms with Crippen LogP contribution in [0, 0.1) is 0 Å². The fourth-order valence-electron chi connectivity index (χ4n) is 3.24. The molecule has 1 fully saturated rings. The van der Waals surface area contributed by atoms with Gasteiger partial charge in [-0.1, -0.05) is 6.42 Å². The van der Waals surface area contributed by atoms with Crippen LogP contribution in [0.25, 0.3) is 0 Å². The quantitative estimate of drug-likeness (QED) is 0.767. The molecule has 0 spiro atoms. The van der Waals surface area contributed by atoms with Gasteiger partial charge in [0, 0.05) is 38.3 Å². The highest BCUT2D eigenvalue weighted by Crippen LogP contribution is 2.34. The Kier molecular flexibility index (Phi) is 5.93.